The van der Waals surface area contributed by atoms with Crippen molar-refractivity contribution in [1.29, 1.82) is 0 Å². The summed E-state index contributed by atoms with van der Waals surface area (Å²) in [6.07, 6.45) is 6.33. The first-order valence-corrected chi connectivity index (χ1v) is 9.89. The number of nitrogens with zero attached hydrogens (tertiary/aromatic N) is 3. The third kappa shape index (κ3) is 4.34. The van der Waals surface area contributed by atoms with Crippen LogP contribution in [0.25, 0.3) is 0 Å². The molecule has 0 bridgehead atoms. The van der Waals surface area contributed by atoms with Crippen molar-refractivity contribution in [1.82, 2.24) is 14.9 Å². The van der Waals surface area contributed by atoms with E-state index in [-0.39, 0.29) is 17.7 Å². The molecule has 0 saturated carbocycles. The summed E-state index contributed by atoms with van der Waals surface area (Å²) >= 11 is 7.25. The van der Waals surface area contributed by atoms with Crippen molar-refractivity contribution in [2.24, 2.45) is 5.92 Å². The molecule has 0 unspecified atom stereocenters. The van der Waals surface area contributed by atoms with Crippen molar-refractivity contribution in [3.05, 3.63) is 47.2 Å². The fourth-order valence-electron chi connectivity index (χ4n) is 2.91. The predicted octanol–water partition coefficient (Wildman–Crippen LogP) is 3.34. The van der Waals surface area contributed by atoms with E-state index in [9.17, 15) is 9.59 Å². The second-order valence-corrected chi connectivity index (χ2v) is 7.21. The number of hydrogen-bond donors (Lipinski definition) is 1. The molecule has 1 aliphatic rings. The first-order chi connectivity index (χ1) is 12.6. The van der Waals surface area contributed by atoms with Gasteiger partial charge in [-0.05, 0) is 43.4 Å². The highest BCUT2D eigenvalue weighted by atomic mass is 35.5. The standard InChI is InChI=1S/C18H19ClN4O2S/c1-26-17-14(3-2-8-20-17)18(25)23-9-6-12(7-10-23)16(24)22-15-5-4-13(19)11-21-15/h2-5,8,11-12H,6-7,9-10H2,1H3,(H,21,22,24). The van der Waals surface area contributed by atoms with Gasteiger partial charge in [-0.2, -0.15) is 0 Å². The molecule has 2 amide bonds. The third-order valence-corrected chi connectivity index (χ3v) is 5.26. The molecule has 0 radical (unpaired) electrons. The molecule has 6 nitrogen and oxygen atoms in total. The number of likely N-dealkylation sites (tertiary alicyclic amines) is 1. The lowest BCUT2D eigenvalue weighted by molar-refractivity contribution is -0.121. The van der Waals surface area contributed by atoms with E-state index in [2.05, 4.69) is 15.3 Å². The number of anilines is 1. The summed E-state index contributed by atoms with van der Waals surface area (Å²) in [5.74, 6) is 0.252. The summed E-state index contributed by atoms with van der Waals surface area (Å²) in [7, 11) is 0. The van der Waals surface area contributed by atoms with Crippen LogP contribution in [0.2, 0.25) is 5.02 Å². The highest BCUT2D eigenvalue weighted by Crippen LogP contribution is 2.24. The Labute approximate surface area is 161 Å². The zero-order valence-corrected chi connectivity index (χ0v) is 15.9. The summed E-state index contributed by atoms with van der Waals surface area (Å²) in [4.78, 5) is 35.2. The molecule has 26 heavy (non-hydrogen) atoms. The average molecular weight is 391 g/mol. The SMILES string of the molecule is CSc1ncccc1C(=O)N1CCC(C(=O)Nc2ccc(Cl)cn2)CC1. The van der Waals surface area contributed by atoms with Gasteiger partial charge >= 0.3 is 0 Å². The Bertz CT molecular complexity index is 792. The maximum atomic E-state index is 12.7. The number of thioether (sulfide) groups is 1. The molecule has 3 heterocycles. The molecule has 0 spiro atoms. The van der Waals surface area contributed by atoms with Gasteiger partial charge in [0.25, 0.3) is 5.91 Å². The average Bonchev–Trinajstić information content (AvgIpc) is 2.69. The van der Waals surface area contributed by atoms with Gasteiger partial charge < -0.3 is 10.2 Å². The minimum absolute atomic E-state index is 0.0272. The van der Waals surface area contributed by atoms with Crippen molar-refractivity contribution in [3.63, 3.8) is 0 Å². The van der Waals surface area contributed by atoms with E-state index < -0.39 is 0 Å². The number of carbonyl (C=O) groups excluding carboxylic acids is 2. The number of hydrogen-bond acceptors (Lipinski definition) is 5. The Kier molecular flexibility index (Phi) is 6.11. The topological polar surface area (TPSA) is 75.2 Å². The van der Waals surface area contributed by atoms with E-state index in [1.165, 1.54) is 18.0 Å². The Morgan fingerprint density at radius 3 is 2.65 bits per heavy atom. The van der Waals surface area contributed by atoms with E-state index in [0.717, 1.165) is 5.03 Å². The quantitative estimate of drug-likeness (QED) is 0.810. The van der Waals surface area contributed by atoms with E-state index in [0.29, 0.717) is 42.3 Å². The number of rotatable bonds is 4. The van der Waals surface area contributed by atoms with Crippen LogP contribution < -0.4 is 5.32 Å². The van der Waals surface area contributed by atoms with Gasteiger partial charge in [-0.3, -0.25) is 9.59 Å². The fraction of sp³-hybridized carbons (Fsp3) is 0.333. The van der Waals surface area contributed by atoms with Crippen LogP contribution in [0.5, 0.6) is 0 Å². The lowest BCUT2D eigenvalue weighted by atomic mass is 9.95. The Morgan fingerprint density at radius 2 is 2.00 bits per heavy atom. The van der Waals surface area contributed by atoms with Gasteiger partial charge in [-0.25, -0.2) is 9.97 Å². The zero-order chi connectivity index (χ0) is 18.5. The monoisotopic (exact) mass is 390 g/mol. The van der Waals surface area contributed by atoms with Crippen LogP contribution in [0.15, 0.2) is 41.7 Å². The maximum Gasteiger partial charge on any atom is 0.256 e. The van der Waals surface area contributed by atoms with Crippen LogP contribution >= 0.6 is 23.4 Å². The number of nitrogens with one attached hydrogen (secondary N) is 1. The molecule has 1 fully saturated rings. The van der Waals surface area contributed by atoms with Gasteiger partial charge in [-0.15, -0.1) is 11.8 Å². The largest absolute Gasteiger partial charge is 0.339 e. The number of amides is 2. The molecule has 2 aromatic rings. The van der Waals surface area contributed by atoms with Crippen LogP contribution in [0.3, 0.4) is 0 Å². The Balaban J connectivity index is 1.57. The molecule has 0 atom stereocenters. The molecule has 2 aromatic heterocycles. The first kappa shape index (κ1) is 18.7. The zero-order valence-electron chi connectivity index (χ0n) is 14.3. The van der Waals surface area contributed by atoms with Gasteiger partial charge in [0.1, 0.15) is 10.8 Å². The third-order valence-electron chi connectivity index (χ3n) is 4.33. The highest BCUT2D eigenvalue weighted by Gasteiger charge is 2.29. The van der Waals surface area contributed by atoms with Gasteiger partial charge in [-0.1, -0.05) is 11.6 Å². The van der Waals surface area contributed by atoms with Crippen LogP contribution in [0.4, 0.5) is 5.82 Å². The van der Waals surface area contributed by atoms with E-state index in [1.807, 2.05) is 6.26 Å². The number of carbonyl (C=O) groups is 2. The molecule has 1 aliphatic heterocycles. The lowest BCUT2D eigenvalue weighted by Gasteiger charge is -2.31. The van der Waals surface area contributed by atoms with Gasteiger partial charge in [0, 0.05) is 31.4 Å². The molecule has 136 valence electrons. The van der Waals surface area contributed by atoms with Crippen molar-refractivity contribution >= 4 is 41.0 Å². The van der Waals surface area contributed by atoms with Crippen molar-refractivity contribution in [2.45, 2.75) is 17.9 Å². The maximum absolute atomic E-state index is 12.7. The van der Waals surface area contributed by atoms with Gasteiger partial charge in [0.05, 0.1) is 10.6 Å². The van der Waals surface area contributed by atoms with Crippen LogP contribution in [-0.2, 0) is 4.79 Å². The number of aromatic nitrogens is 2. The molecule has 0 aliphatic carbocycles. The van der Waals surface area contributed by atoms with E-state index in [4.69, 9.17) is 11.6 Å². The summed E-state index contributed by atoms with van der Waals surface area (Å²) in [5, 5.41) is 4.06. The highest BCUT2D eigenvalue weighted by molar-refractivity contribution is 7.98. The van der Waals surface area contributed by atoms with Crippen LogP contribution in [0.1, 0.15) is 23.2 Å². The van der Waals surface area contributed by atoms with Crippen LogP contribution in [0, 0.1) is 5.92 Å². The molecular formula is C18H19ClN4O2S. The second-order valence-electron chi connectivity index (χ2n) is 5.98. The molecule has 0 aromatic carbocycles. The summed E-state index contributed by atoms with van der Waals surface area (Å²) in [6, 6.07) is 6.92. The molecule has 1 N–H and O–H groups in total. The normalized spacial score (nSPS) is 14.9. The minimum atomic E-state index is -0.134. The summed E-state index contributed by atoms with van der Waals surface area (Å²) < 4.78 is 0. The minimum Gasteiger partial charge on any atom is -0.339 e. The molecule has 1 saturated heterocycles. The number of halogens is 1. The number of piperidine rings is 1. The fourth-order valence-corrected chi connectivity index (χ4v) is 3.56. The Hall–Kier alpha value is -2.12. The van der Waals surface area contributed by atoms with Crippen molar-refractivity contribution in [3.8, 4) is 0 Å². The first-order valence-electron chi connectivity index (χ1n) is 8.29. The van der Waals surface area contributed by atoms with Crippen LogP contribution in [-0.4, -0.2) is 46.0 Å². The van der Waals surface area contributed by atoms with Crippen molar-refractivity contribution in [2.75, 3.05) is 24.7 Å². The van der Waals surface area contributed by atoms with E-state index >= 15 is 0 Å². The molecule has 3 rings (SSSR count). The lowest BCUT2D eigenvalue weighted by Crippen LogP contribution is -2.41. The smallest absolute Gasteiger partial charge is 0.256 e. The number of pyridine rings is 2. The molecule has 8 heteroatoms. The second kappa shape index (κ2) is 8.51. The summed E-state index contributed by atoms with van der Waals surface area (Å²) in [6.45, 7) is 1.10. The summed E-state index contributed by atoms with van der Waals surface area (Å²) in [5.41, 5.74) is 0.619. The van der Waals surface area contributed by atoms with Gasteiger partial charge in [0.2, 0.25) is 5.91 Å². The molecular weight excluding hydrogens is 372 g/mol. The van der Waals surface area contributed by atoms with Gasteiger partial charge in [0.15, 0.2) is 0 Å². The van der Waals surface area contributed by atoms with Crippen molar-refractivity contribution < 1.29 is 9.59 Å². The predicted molar refractivity (Wildman–Crippen MR) is 103 cm³/mol. The Morgan fingerprint density at radius 1 is 1.23 bits per heavy atom. The van der Waals surface area contributed by atoms with E-state index in [1.54, 1.807) is 35.4 Å².